The fourth-order valence-electron chi connectivity index (χ4n) is 1.87. The number of hydrogen-bond acceptors (Lipinski definition) is 4. The van der Waals surface area contributed by atoms with E-state index in [4.69, 9.17) is 9.84 Å². The molecule has 1 amide bonds. The van der Waals surface area contributed by atoms with E-state index in [1.165, 1.54) is 0 Å². The van der Waals surface area contributed by atoms with Crippen molar-refractivity contribution in [2.45, 2.75) is 45.3 Å². The first-order valence-electron chi connectivity index (χ1n) is 7.47. The number of hydrogen-bond donors (Lipinski definition) is 3. The number of halogens is 2. The molecule has 8 heteroatoms. The van der Waals surface area contributed by atoms with Crippen LogP contribution in [0.15, 0.2) is 22.7 Å². The Kier molecular flexibility index (Phi) is 7.47. The van der Waals surface area contributed by atoms with Crippen LogP contribution in [0.1, 0.15) is 33.6 Å². The molecule has 0 bridgehead atoms. The van der Waals surface area contributed by atoms with E-state index in [1.54, 1.807) is 39.0 Å². The van der Waals surface area contributed by atoms with Crippen molar-refractivity contribution >= 4 is 33.7 Å². The second-order valence-electron chi connectivity index (χ2n) is 6.26. The van der Waals surface area contributed by atoms with Gasteiger partial charge in [0.2, 0.25) is 0 Å². The number of carboxylic acids is 1. The van der Waals surface area contributed by atoms with Gasteiger partial charge in [-0.3, -0.25) is 4.79 Å². The van der Waals surface area contributed by atoms with E-state index >= 15 is 0 Å². The molecule has 134 valence electrons. The van der Waals surface area contributed by atoms with Crippen LogP contribution >= 0.6 is 15.9 Å². The summed E-state index contributed by atoms with van der Waals surface area (Å²) < 4.78 is 19.4. The van der Waals surface area contributed by atoms with Gasteiger partial charge in [0.05, 0.1) is 10.2 Å². The number of anilines is 1. The van der Waals surface area contributed by atoms with Gasteiger partial charge in [0, 0.05) is 19.0 Å². The molecule has 0 spiro atoms. The summed E-state index contributed by atoms with van der Waals surface area (Å²) in [5.41, 5.74) is -0.402. The summed E-state index contributed by atoms with van der Waals surface area (Å²) in [5.74, 6) is -1.42. The van der Waals surface area contributed by atoms with Gasteiger partial charge in [-0.15, -0.1) is 0 Å². The van der Waals surface area contributed by atoms with Crippen LogP contribution in [0.2, 0.25) is 0 Å². The minimum absolute atomic E-state index is 0.122. The number of ether oxygens (including phenoxy) is 1. The molecule has 0 saturated carbocycles. The second-order valence-corrected chi connectivity index (χ2v) is 7.11. The monoisotopic (exact) mass is 404 g/mol. The molecular formula is C16H22BrFN2O4. The van der Waals surface area contributed by atoms with E-state index in [-0.39, 0.29) is 25.1 Å². The van der Waals surface area contributed by atoms with Crippen molar-refractivity contribution in [3.05, 3.63) is 28.5 Å². The molecule has 0 aliphatic carbocycles. The smallest absolute Gasteiger partial charge is 0.407 e. The maximum Gasteiger partial charge on any atom is 0.407 e. The number of carbonyl (C=O) groups excluding carboxylic acids is 1. The van der Waals surface area contributed by atoms with Crippen LogP contribution < -0.4 is 10.6 Å². The zero-order valence-electron chi connectivity index (χ0n) is 13.9. The van der Waals surface area contributed by atoms with Gasteiger partial charge in [-0.25, -0.2) is 9.18 Å². The van der Waals surface area contributed by atoms with Crippen molar-refractivity contribution in [1.82, 2.24) is 5.32 Å². The normalized spacial score (nSPS) is 12.4. The summed E-state index contributed by atoms with van der Waals surface area (Å²) in [6, 6.07) is 4.28. The van der Waals surface area contributed by atoms with Crippen molar-refractivity contribution in [3.8, 4) is 0 Å². The molecule has 6 nitrogen and oxygen atoms in total. The lowest BCUT2D eigenvalue weighted by Gasteiger charge is -2.24. The van der Waals surface area contributed by atoms with Gasteiger partial charge in [0.15, 0.2) is 5.82 Å². The van der Waals surface area contributed by atoms with Crippen LogP contribution in [-0.2, 0) is 9.53 Å². The third kappa shape index (κ3) is 7.63. The van der Waals surface area contributed by atoms with Gasteiger partial charge >= 0.3 is 12.1 Å². The number of alkyl carbamates (subject to hydrolysis) is 1. The van der Waals surface area contributed by atoms with Gasteiger partial charge in [0.1, 0.15) is 5.60 Å². The number of aliphatic carboxylic acids is 1. The minimum Gasteiger partial charge on any atom is -0.481 e. The number of carbonyl (C=O) groups is 2. The van der Waals surface area contributed by atoms with Crippen LogP contribution in [0.3, 0.4) is 0 Å². The van der Waals surface area contributed by atoms with Gasteiger partial charge in [0.25, 0.3) is 0 Å². The first-order valence-corrected chi connectivity index (χ1v) is 8.27. The van der Waals surface area contributed by atoms with Crippen LogP contribution in [0.4, 0.5) is 14.9 Å². The average molecular weight is 405 g/mol. The van der Waals surface area contributed by atoms with Crippen molar-refractivity contribution in [1.29, 1.82) is 0 Å². The Hall–Kier alpha value is -1.83. The van der Waals surface area contributed by atoms with E-state index < -0.39 is 29.5 Å². The Morgan fingerprint density at radius 2 is 2.04 bits per heavy atom. The summed E-state index contributed by atoms with van der Waals surface area (Å²) in [7, 11) is 0. The number of rotatable bonds is 7. The lowest BCUT2D eigenvalue weighted by atomic mass is 10.1. The van der Waals surface area contributed by atoms with E-state index in [9.17, 15) is 14.0 Å². The zero-order valence-corrected chi connectivity index (χ0v) is 15.4. The van der Waals surface area contributed by atoms with Crippen LogP contribution in [0.5, 0.6) is 0 Å². The molecule has 0 aliphatic heterocycles. The fourth-order valence-corrected chi connectivity index (χ4v) is 2.24. The van der Waals surface area contributed by atoms with Crippen LogP contribution in [-0.4, -0.2) is 35.4 Å². The molecule has 3 N–H and O–H groups in total. The Morgan fingerprint density at radius 3 is 2.62 bits per heavy atom. The first-order chi connectivity index (χ1) is 11.1. The van der Waals surface area contributed by atoms with Crippen molar-refractivity contribution in [2.24, 2.45) is 0 Å². The highest BCUT2D eigenvalue weighted by atomic mass is 79.9. The Labute approximate surface area is 148 Å². The maximum absolute atomic E-state index is 13.9. The zero-order chi connectivity index (χ0) is 18.3. The molecule has 24 heavy (non-hydrogen) atoms. The summed E-state index contributed by atoms with van der Waals surface area (Å²) in [4.78, 5) is 22.6. The van der Waals surface area contributed by atoms with Crippen molar-refractivity contribution < 1.29 is 23.8 Å². The van der Waals surface area contributed by atoms with E-state index in [0.717, 1.165) is 0 Å². The van der Waals surface area contributed by atoms with Gasteiger partial charge in [-0.2, -0.15) is 0 Å². The molecule has 1 rings (SSSR count). The molecule has 0 radical (unpaired) electrons. The summed E-state index contributed by atoms with van der Waals surface area (Å²) in [6.07, 6.45) is -0.574. The highest BCUT2D eigenvalue weighted by Gasteiger charge is 2.20. The molecule has 1 aromatic rings. The van der Waals surface area contributed by atoms with Crippen LogP contribution in [0, 0.1) is 5.82 Å². The standard InChI is InChI=1S/C16H22BrFN2O4/c1-16(2,3)24-15(23)20-10(7-8-13(21)22)9-19-12-6-4-5-11(17)14(12)18/h4-6,10,19H,7-9H2,1-3H3,(H,20,23)(H,21,22). The molecule has 1 unspecified atom stereocenters. The lowest BCUT2D eigenvalue weighted by Crippen LogP contribution is -2.42. The third-order valence-electron chi connectivity index (χ3n) is 2.92. The van der Waals surface area contributed by atoms with Gasteiger partial charge in [-0.1, -0.05) is 6.07 Å². The predicted molar refractivity (Wildman–Crippen MR) is 92.6 cm³/mol. The largest absolute Gasteiger partial charge is 0.481 e. The second kappa shape index (κ2) is 8.86. The molecule has 0 aromatic heterocycles. The predicted octanol–water partition coefficient (Wildman–Crippen LogP) is 3.76. The Morgan fingerprint density at radius 1 is 1.38 bits per heavy atom. The maximum atomic E-state index is 13.9. The minimum atomic E-state index is -0.973. The summed E-state index contributed by atoms with van der Waals surface area (Å²) in [6.45, 7) is 5.36. The van der Waals surface area contributed by atoms with Gasteiger partial charge < -0.3 is 20.5 Å². The van der Waals surface area contributed by atoms with Crippen molar-refractivity contribution in [2.75, 3.05) is 11.9 Å². The molecule has 0 aliphatic rings. The number of nitrogens with one attached hydrogen (secondary N) is 2. The lowest BCUT2D eigenvalue weighted by molar-refractivity contribution is -0.137. The van der Waals surface area contributed by atoms with Gasteiger partial charge in [-0.05, 0) is 55.3 Å². The number of amides is 1. The SMILES string of the molecule is CC(C)(C)OC(=O)NC(CCC(=O)O)CNc1cccc(Br)c1F. The molecule has 0 heterocycles. The molecule has 0 saturated heterocycles. The molecule has 1 atom stereocenters. The fraction of sp³-hybridized carbons (Fsp3) is 0.500. The Bertz CT molecular complexity index is 590. The number of carboxylic acid groups (broad SMARTS) is 1. The van der Waals surface area contributed by atoms with E-state index in [2.05, 4.69) is 26.6 Å². The first kappa shape index (κ1) is 20.2. The average Bonchev–Trinajstić information content (AvgIpc) is 2.43. The van der Waals surface area contributed by atoms with Crippen LogP contribution in [0.25, 0.3) is 0 Å². The topological polar surface area (TPSA) is 87.7 Å². The highest BCUT2D eigenvalue weighted by molar-refractivity contribution is 9.10. The Balaban J connectivity index is 2.69. The van der Waals surface area contributed by atoms with E-state index in [1.807, 2.05) is 0 Å². The van der Waals surface area contributed by atoms with E-state index in [0.29, 0.717) is 4.47 Å². The molecule has 1 aromatic carbocycles. The third-order valence-corrected chi connectivity index (χ3v) is 3.53. The summed E-state index contributed by atoms with van der Waals surface area (Å²) >= 11 is 3.09. The quantitative estimate of drug-likeness (QED) is 0.643. The van der Waals surface area contributed by atoms with Crippen molar-refractivity contribution in [3.63, 3.8) is 0 Å². The summed E-state index contributed by atoms with van der Waals surface area (Å²) in [5, 5.41) is 14.3. The molecular weight excluding hydrogens is 383 g/mol. The number of benzene rings is 1. The highest BCUT2D eigenvalue weighted by Crippen LogP contribution is 2.22. The molecule has 0 fully saturated rings.